The summed E-state index contributed by atoms with van der Waals surface area (Å²) in [7, 11) is 1.80. The van der Waals surface area contributed by atoms with Crippen LogP contribution in [0.4, 0.5) is 0 Å². The van der Waals surface area contributed by atoms with E-state index >= 15 is 0 Å². The number of piperidine rings is 1. The maximum atomic E-state index is 5.63. The van der Waals surface area contributed by atoms with Crippen LogP contribution in [-0.2, 0) is 9.47 Å². The topological polar surface area (TPSA) is 33.7 Å². The molecule has 4 nitrogen and oxygen atoms in total. The molecule has 0 aromatic carbocycles. The molecule has 0 aromatic heterocycles. The van der Waals surface area contributed by atoms with Crippen molar-refractivity contribution in [2.75, 3.05) is 46.5 Å². The van der Waals surface area contributed by atoms with E-state index in [-0.39, 0.29) is 5.60 Å². The number of rotatable bonds is 5. The Morgan fingerprint density at radius 2 is 2.18 bits per heavy atom. The van der Waals surface area contributed by atoms with E-state index < -0.39 is 0 Å². The van der Waals surface area contributed by atoms with Crippen molar-refractivity contribution >= 4 is 0 Å². The van der Waals surface area contributed by atoms with Gasteiger partial charge in [-0.25, -0.2) is 0 Å². The summed E-state index contributed by atoms with van der Waals surface area (Å²) in [6, 6.07) is 0.658. The molecule has 0 spiro atoms. The SMILES string of the molecule is CCN1CCC(NCC2(OC)CCOC2)CC1. The standard InChI is InChI=1S/C13H26N2O2/c1-3-15-7-4-12(5-8-15)14-10-13(16-2)6-9-17-11-13/h12,14H,3-11H2,1-2H3. The van der Waals surface area contributed by atoms with E-state index in [0.29, 0.717) is 6.04 Å². The van der Waals surface area contributed by atoms with Gasteiger partial charge in [0.1, 0.15) is 5.60 Å². The van der Waals surface area contributed by atoms with Gasteiger partial charge in [0.2, 0.25) is 0 Å². The predicted octanol–water partition coefficient (Wildman–Crippen LogP) is 0.866. The molecule has 17 heavy (non-hydrogen) atoms. The monoisotopic (exact) mass is 242 g/mol. The Hall–Kier alpha value is -0.160. The molecule has 2 heterocycles. The van der Waals surface area contributed by atoms with E-state index in [1.807, 2.05) is 0 Å². The van der Waals surface area contributed by atoms with Crippen LogP contribution in [0.2, 0.25) is 0 Å². The second-order valence-electron chi connectivity index (χ2n) is 5.28. The zero-order valence-corrected chi connectivity index (χ0v) is 11.2. The van der Waals surface area contributed by atoms with Gasteiger partial charge in [0, 0.05) is 32.7 Å². The first-order valence-corrected chi connectivity index (χ1v) is 6.86. The molecule has 2 rings (SSSR count). The fourth-order valence-corrected chi connectivity index (χ4v) is 2.74. The van der Waals surface area contributed by atoms with Crippen molar-refractivity contribution in [2.45, 2.75) is 37.8 Å². The highest BCUT2D eigenvalue weighted by Crippen LogP contribution is 2.22. The number of hydrogen-bond donors (Lipinski definition) is 1. The average molecular weight is 242 g/mol. The molecule has 0 aromatic rings. The summed E-state index contributed by atoms with van der Waals surface area (Å²) in [5.41, 5.74) is -0.0676. The van der Waals surface area contributed by atoms with Gasteiger partial charge in [0.05, 0.1) is 6.61 Å². The Morgan fingerprint density at radius 3 is 2.71 bits per heavy atom. The van der Waals surface area contributed by atoms with Crippen molar-refractivity contribution in [2.24, 2.45) is 0 Å². The van der Waals surface area contributed by atoms with E-state index in [1.54, 1.807) is 7.11 Å². The molecular formula is C13H26N2O2. The molecule has 4 heteroatoms. The highest BCUT2D eigenvalue weighted by atomic mass is 16.5. The molecule has 1 atom stereocenters. The van der Waals surface area contributed by atoms with Crippen LogP contribution in [-0.4, -0.2) is 63.0 Å². The Balaban J connectivity index is 1.71. The van der Waals surface area contributed by atoms with Crippen LogP contribution in [0.25, 0.3) is 0 Å². The van der Waals surface area contributed by atoms with Crippen LogP contribution < -0.4 is 5.32 Å². The van der Waals surface area contributed by atoms with E-state index in [0.717, 1.165) is 26.2 Å². The quantitative estimate of drug-likeness (QED) is 0.775. The van der Waals surface area contributed by atoms with Gasteiger partial charge in [0.15, 0.2) is 0 Å². The van der Waals surface area contributed by atoms with Crippen molar-refractivity contribution in [1.29, 1.82) is 0 Å². The first-order chi connectivity index (χ1) is 8.28. The number of likely N-dealkylation sites (tertiary alicyclic amines) is 1. The van der Waals surface area contributed by atoms with Crippen LogP contribution in [0.3, 0.4) is 0 Å². The lowest BCUT2D eigenvalue weighted by molar-refractivity contribution is -0.0187. The molecule has 100 valence electrons. The van der Waals surface area contributed by atoms with Gasteiger partial charge in [-0.1, -0.05) is 6.92 Å². The number of nitrogens with one attached hydrogen (secondary N) is 1. The van der Waals surface area contributed by atoms with E-state index in [4.69, 9.17) is 9.47 Å². The third kappa shape index (κ3) is 3.41. The van der Waals surface area contributed by atoms with Crippen LogP contribution in [0.15, 0.2) is 0 Å². The summed E-state index contributed by atoms with van der Waals surface area (Å²) >= 11 is 0. The molecule has 1 N–H and O–H groups in total. The average Bonchev–Trinajstić information content (AvgIpc) is 2.86. The number of nitrogens with zero attached hydrogens (tertiary/aromatic N) is 1. The Bertz CT molecular complexity index is 221. The van der Waals surface area contributed by atoms with Crippen LogP contribution in [0.1, 0.15) is 26.2 Å². The van der Waals surface area contributed by atoms with Crippen LogP contribution >= 0.6 is 0 Å². The summed E-state index contributed by atoms with van der Waals surface area (Å²) in [6.45, 7) is 8.38. The van der Waals surface area contributed by atoms with Crippen molar-refractivity contribution in [3.8, 4) is 0 Å². The number of methoxy groups -OCH3 is 1. The first-order valence-electron chi connectivity index (χ1n) is 6.86. The Labute approximate surface area is 105 Å². The number of hydrogen-bond acceptors (Lipinski definition) is 4. The van der Waals surface area contributed by atoms with Crippen LogP contribution in [0, 0.1) is 0 Å². The lowest BCUT2D eigenvalue weighted by atomic mass is 10.00. The second kappa shape index (κ2) is 6.14. The van der Waals surface area contributed by atoms with Gasteiger partial charge in [-0.15, -0.1) is 0 Å². The summed E-state index contributed by atoms with van der Waals surface area (Å²) in [4.78, 5) is 2.52. The minimum absolute atomic E-state index is 0.0676. The highest BCUT2D eigenvalue weighted by Gasteiger charge is 2.35. The maximum absolute atomic E-state index is 5.63. The van der Waals surface area contributed by atoms with Gasteiger partial charge in [-0.05, 0) is 32.5 Å². The maximum Gasteiger partial charge on any atom is 0.106 e. The molecule has 0 radical (unpaired) electrons. The zero-order valence-electron chi connectivity index (χ0n) is 11.2. The lowest BCUT2D eigenvalue weighted by Crippen LogP contribution is -2.49. The number of ether oxygens (including phenoxy) is 2. The molecule has 0 saturated carbocycles. The molecule has 2 saturated heterocycles. The molecule has 0 bridgehead atoms. The summed E-state index contributed by atoms with van der Waals surface area (Å²) < 4.78 is 11.1. The molecule has 1 unspecified atom stereocenters. The third-order valence-electron chi connectivity index (χ3n) is 4.25. The van der Waals surface area contributed by atoms with Crippen molar-refractivity contribution in [1.82, 2.24) is 10.2 Å². The predicted molar refractivity (Wildman–Crippen MR) is 68.3 cm³/mol. The lowest BCUT2D eigenvalue weighted by Gasteiger charge is -2.34. The van der Waals surface area contributed by atoms with Gasteiger partial charge >= 0.3 is 0 Å². The zero-order chi connectivity index (χ0) is 12.1. The molecular weight excluding hydrogens is 216 g/mol. The highest BCUT2D eigenvalue weighted by molar-refractivity contribution is 4.89. The van der Waals surface area contributed by atoms with Gasteiger partial charge in [-0.3, -0.25) is 0 Å². The van der Waals surface area contributed by atoms with Gasteiger partial charge in [0.25, 0.3) is 0 Å². The van der Waals surface area contributed by atoms with Gasteiger partial charge in [-0.2, -0.15) is 0 Å². The Kier molecular flexibility index (Phi) is 4.79. The second-order valence-corrected chi connectivity index (χ2v) is 5.28. The smallest absolute Gasteiger partial charge is 0.106 e. The minimum Gasteiger partial charge on any atom is -0.378 e. The van der Waals surface area contributed by atoms with Crippen LogP contribution in [0.5, 0.6) is 0 Å². The molecule has 0 aliphatic carbocycles. The van der Waals surface area contributed by atoms with Crippen molar-refractivity contribution in [3.63, 3.8) is 0 Å². The fraction of sp³-hybridized carbons (Fsp3) is 1.00. The van der Waals surface area contributed by atoms with Crippen molar-refractivity contribution in [3.05, 3.63) is 0 Å². The summed E-state index contributed by atoms with van der Waals surface area (Å²) in [5.74, 6) is 0. The van der Waals surface area contributed by atoms with E-state index in [9.17, 15) is 0 Å². The van der Waals surface area contributed by atoms with Crippen molar-refractivity contribution < 1.29 is 9.47 Å². The third-order valence-corrected chi connectivity index (χ3v) is 4.25. The van der Waals surface area contributed by atoms with E-state index in [1.165, 1.54) is 32.5 Å². The van der Waals surface area contributed by atoms with E-state index in [2.05, 4.69) is 17.1 Å². The Morgan fingerprint density at radius 1 is 1.41 bits per heavy atom. The fourth-order valence-electron chi connectivity index (χ4n) is 2.74. The molecule has 0 amide bonds. The first kappa shape index (κ1) is 13.3. The minimum atomic E-state index is -0.0676. The van der Waals surface area contributed by atoms with Gasteiger partial charge < -0.3 is 19.7 Å². The molecule has 2 aliphatic heterocycles. The molecule has 2 aliphatic rings. The largest absolute Gasteiger partial charge is 0.378 e. The molecule has 2 fully saturated rings. The summed E-state index contributed by atoms with van der Waals surface area (Å²) in [6.07, 6.45) is 3.54. The summed E-state index contributed by atoms with van der Waals surface area (Å²) in [5, 5.41) is 3.67. The normalized spacial score (nSPS) is 32.1.